The van der Waals surface area contributed by atoms with Crippen LogP contribution >= 0.6 is 0 Å². The van der Waals surface area contributed by atoms with Gasteiger partial charge in [0.05, 0.1) is 19.6 Å². The van der Waals surface area contributed by atoms with Crippen LogP contribution in [0.3, 0.4) is 0 Å². The van der Waals surface area contributed by atoms with Crippen LogP contribution in [0.2, 0.25) is 0 Å². The molecule has 132 valence electrons. The van der Waals surface area contributed by atoms with Gasteiger partial charge in [-0.2, -0.15) is 9.97 Å². The van der Waals surface area contributed by atoms with Crippen molar-refractivity contribution in [3.63, 3.8) is 0 Å². The number of nitrogens with zero attached hydrogens (tertiary/aromatic N) is 3. The number of anilines is 2. The Morgan fingerprint density at radius 1 is 1.24 bits per heavy atom. The average molecular weight is 343 g/mol. The minimum atomic E-state index is -0.653. The SMILES string of the molecule is COc1cccc(CC2(C(N)=O)CN(c3cc(OC)nc(N)n3)C2)c1. The van der Waals surface area contributed by atoms with Crippen LogP contribution in [0.4, 0.5) is 11.8 Å². The molecule has 4 N–H and O–H groups in total. The molecule has 1 saturated heterocycles. The summed E-state index contributed by atoms with van der Waals surface area (Å²) in [6, 6.07) is 9.33. The zero-order chi connectivity index (χ0) is 18.0. The van der Waals surface area contributed by atoms with E-state index in [4.69, 9.17) is 20.9 Å². The van der Waals surface area contributed by atoms with Gasteiger partial charge in [0.25, 0.3) is 0 Å². The van der Waals surface area contributed by atoms with E-state index in [-0.39, 0.29) is 11.9 Å². The summed E-state index contributed by atoms with van der Waals surface area (Å²) < 4.78 is 10.4. The molecule has 1 aliphatic rings. The number of nitrogens with two attached hydrogens (primary N) is 2. The zero-order valence-electron chi connectivity index (χ0n) is 14.2. The molecule has 0 saturated carbocycles. The molecule has 1 fully saturated rings. The van der Waals surface area contributed by atoms with Gasteiger partial charge in [-0.05, 0) is 24.1 Å². The summed E-state index contributed by atoms with van der Waals surface area (Å²) in [5, 5.41) is 0. The highest BCUT2D eigenvalue weighted by Gasteiger charge is 2.48. The van der Waals surface area contributed by atoms with Crippen LogP contribution < -0.4 is 25.8 Å². The average Bonchev–Trinajstić information content (AvgIpc) is 2.56. The maximum atomic E-state index is 12.1. The molecular formula is C17H21N5O3. The minimum Gasteiger partial charge on any atom is -0.497 e. The largest absolute Gasteiger partial charge is 0.497 e. The Hall–Kier alpha value is -3.03. The molecule has 0 spiro atoms. The third-order valence-corrected chi connectivity index (χ3v) is 4.43. The molecule has 0 atom stereocenters. The molecule has 2 aromatic rings. The first kappa shape index (κ1) is 16.8. The van der Waals surface area contributed by atoms with E-state index in [2.05, 4.69) is 9.97 Å². The molecule has 2 heterocycles. The quantitative estimate of drug-likeness (QED) is 0.789. The summed E-state index contributed by atoms with van der Waals surface area (Å²) in [7, 11) is 3.12. The number of hydrogen-bond donors (Lipinski definition) is 2. The lowest BCUT2D eigenvalue weighted by atomic mass is 9.74. The van der Waals surface area contributed by atoms with E-state index in [0.29, 0.717) is 31.2 Å². The van der Waals surface area contributed by atoms with Gasteiger partial charge in [0.15, 0.2) is 0 Å². The van der Waals surface area contributed by atoms with Crippen molar-refractivity contribution in [2.45, 2.75) is 6.42 Å². The molecule has 8 nitrogen and oxygen atoms in total. The van der Waals surface area contributed by atoms with Gasteiger partial charge in [0, 0.05) is 19.2 Å². The summed E-state index contributed by atoms with van der Waals surface area (Å²) in [5.74, 6) is 1.54. The molecule has 1 aromatic heterocycles. The Morgan fingerprint density at radius 2 is 2.00 bits per heavy atom. The second-order valence-electron chi connectivity index (χ2n) is 6.16. The number of rotatable bonds is 6. The predicted molar refractivity (Wildman–Crippen MR) is 93.5 cm³/mol. The number of carbonyl (C=O) groups excluding carboxylic acids is 1. The lowest BCUT2D eigenvalue weighted by Crippen LogP contribution is -2.64. The third kappa shape index (κ3) is 3.28. The lowest BCUT2D eigenvalue weighted by Gasteiger charge is -2.48. The van der Waals surface area contributed by atoms with E-state index in [1.165, 1.54) is 7.11 Å². The highest BCUT2D eigenvalue weighted by atomic mass is 16.5. The fourth-order valence-corrected chi connectivity index (χ4v) is 3.07. The number of amides is 1. The molecule has 3 rings (SSSR count). The van der Waals surface area contributed by atoms with Crippen molar-refractivity contribution >= 4 is 17.7 Å². The lowest BCUT2D eigenvalue weighted by molar-refractivity contribution is -0.129. The predicted octanol–water partition coefficient (Wildman–Crippen LogP) is 0.610. The number of methoxy groups -OCH3 is 2. The molecule has 8 heteroatoms. The minimum absolute atomic E-state index is 0.124. The topological polar surface area (TPSA) is 117 Å². The Kier molecular flexibility index (Phi) is 4.35. The van der Waals surface area contributed by atoms with Crippen molar-refractivity contribution in [2.75, 3.05) is 37.9 Å². The molecule has 0 aliphatic carbocycles. The van der Waals surface area contributed by atoms with Crippen LogP contribution in [0.15, 0.2) is 30.3 Å². The van der Waals surface area contributed by atoms with E-state index in [1.807, 2.05) is 29.2 Å². The van der Waals surface area contributed by atoms with E-state index < -0.39 is 5.41 Å². The first-order valence-electron chi connectivity index (χ1n) is 7.82. The van der Waals surface area contributed by atoms with Gasteiger partial charge in [0.1, 0.15) is 11.6 Å². The van der Waals surface area contributed by atoms with E-state index in [9.17, 15) is 4.79 Å². The first-order chi connectivity index (χ1) is 12.0. The molecule has 0 unspecified atom stereocenters. The summed E-state index contributed by atoms with van der Waals surface area (Å²) in [6.07, 6.45) is 0.535. The van der Waals surface area contributed by atoms with Crippen LogP contribution in [-0.4, -0.2) is 43.2 Å². The van der Waals surface area contributed by atoms with Crippen LogP contribution in [0.5, 0.6) is 11.6 Å². The van der Waals surface area contributed by atoms with E-state index in [1.54, 1.807) is 13.2 Å². The van der Waals surface area contributed by atoms with Gasteiger partial charge in [0.2, 0.25) is 17.7 Å². The van der Waals surface area contributed by atoms with Crippen molar-refractivity contribution in [1.82, 2.24) is 9.97 Å². The number of benzene rings is 1. The number of carbonyl (C=O) groups is 1. The standard InChI is InChI=1S/C17H21N5O3/c1-24-12-5-3-4-11(6-12)8-17(15(18)23)9-22(10-17)13-7-14(25-2)21-16(19)20-13/h3-7H,8-10H2,1-2H3,(H2,18,23)(H2,19,20,21). The summed E-state index contributed by atoms with van der Waals surface area (Å²) in [4.78, 5) is 22.2. The molecule has 0 radical (unpaired) electrons. The van der Waals surface area contributed by atoms with Crippen molar-refractivity contribution in [3.05, 3.63) is 35.9 Å². The molecule has 0 bridgehead atoms. The normalized spacial score (nSPS) is 15.4. The van der Waals surface area contributed by atoms with E-state index in [0.717, 1.165) is 11.3 Å². The summed E-state index contributed by atoms with van der Waals surface area (Å²) in [5.41, 5.74) is 11.7. The number of ether oxygens (including phenoxy) is 2. The Labute approximate surface area is 145 Å². The molecule has 1 amide bonds. The summed E-state index contributed by atoms with van der Waals surface area (Å²) >= 11 is 0. The zero-order valence-corrected chi connectivity index (χ0v) is 14.2. The van der Waals surface area contributed by atoms with Gasteiger partial charge in [-0.3, -0.25) is 4.79 Å². The second-order valence-corrected chi connectivity index (χ2v) is 6.16. The number of primary amides is 1. The molecule has 1 aliphatic heterocycles. The van der Waals surface area contributed by atoms with Crippen LogP contribution in [0.25, 0.3) is 0 Å². The number of nitrogen functional groups attached to an aromatic ring is 1. The highest BCUT2D eigenvalue weighted by molar-refractivity contribution is 5.85. The Bertz CT molecular complexity index is 790. The van der Waals surface area contributed by atoms with Gasteiger partial charge in [-0.25, -0.2) is 0 Å². The van der Waals surface area contributed by atoms with Crippen molar-refractivity contribution in [3.8, 4) is 11.6 Å². The van der Waals surface area contributed by atoms with Gasteiger partial charge < -0.3 is 25.8 Å². The summed E-state index contributed by atoms with van der Waals surface area (Å²) in [6.45, 7) is 0.915. The Balaban J connectivity index is 1.79. The van der Waals surface area contributed by atoms with Gasteiger partial charge >= 0.3 is 0 Å². The molecule has 1 aromatic carbocycles. The third-order valence-electron chi connectivity index (χ3n) is 4.43. The fraction of sp³-hybridized carbons (Fsp3) is 0.353. The van der Waals surface area contributed by atoms with Crippen molar-refractivity contribution < 1.29 is 14.3 Å². The Morgan fingerprint density at radius 3 is 2.64 bits per heavy atom. The highest BCUT2D eigenvalue weighted by Crippen LogP contribution is 2.38. The number of hydrogen-bond acceptors (Lipinski definition) is 7. The monoisotopic (exact) mass is 343 g/mol. The molecule has 25 heavy (non-hydrogen) atoms. The van der Waals surface area contributed by atoms with Crippen molar-refractivity contribution in [1.29, 1.82) is 0 Å². The van der Waals surface area contributed by atoms with Gasteiger partial charge in [-0.1, -0.05) is 12.1 Å². The number of aromatic nitrogens is 2. The first-order valence-corrected chi connectivity index (χ1v) is 7.82. The van der Waals surface area contributed by atoms with Gasteiger partial charge in [-0.15, -0.1) is 0 Å². The van der Waals surface area contributed by atoms with Crippen LogP contribution in [-0.2, 0) is 11.2 Å². The van der Waals surface area contributed by atoms with E-state index >= 15 is 0 Å². The molecular weight excluding hydrogens is 322 g/mol. The van der Waals surface area contributed by atoms with Crippen LogP contribution in [0.1, 0.15) is 5.56 Å². The second kappa shape index (κ2) is 6.46. The van der Waals surface area contributed by atoms with Crippen LogP contribution in [0, 0.1) is 5.41 Å². The maximum absolute atomic E-state index is 12.1. The van der Waals surface area contributed by atoms with Crippen molar-refractivity contribution in [2.24, 2.45) is 11.1 Å². The fourth-order valence-electron chi connectivity index (χ4n) is 3.07. The smallest absolute Gasteiger partial charge is 0.227 e. The maximum Gasteiger partial charge on any atom is 0.227 e.